The van der Waals surface area contributed by atoms with E-state index in [1.807, 2.05) is 13.8 Å². The summed E-state index contributed by atoms with van der Waals surface area (Å²) in [6, 6.07) is 6.93. The molecule has 1 unspecified atom stereocenters. The molecule has 0 aromatic heterocycles. The van der Waals surface area contributed by atoms with Crippen LogP contribution in [0.5, 0.6) is 5.75 Å². The van der Waals surface area contributed by atoms with Crippen LogP contribution >= 0.6 is 0 Å². The van der Waals surface area contributed by atoms with Crippen molar-refractivity contribution in [1.29, 1.82) is 0 Å². The molecule has 0 aliphatic rings. The normalized spacial score (nSPS) is 12.9. The topological polar surface area (TPSA) is 35.2 Å². The molecule has 2 N–H and O–H groups in total. The van der Waals surface area contributed by atoms with Gasteiger partial charge in [-0.3, -0.25) is 0 Å². The second-order valence-corrected chi connectivity index (χ2v) is 3.44. The summed E-state index contributed by atoms with van der Waals surface area (Å²) >= 11 is 0. The molecule has 0 saturated carbocycles. The predicted octanol–water partition coefficient (Wildman–Crippen LogP) is 2.44. The van der Waals surface area contributed by atoms with E-state index >= 15 is 0 Å². The summed E-state index contributed by atoms with van der Waals surface area (Å²) in [5, 5.41) is 0. The third kappa shape index (κ3) is 3.00. The van der Waals surface area contributed by atoms with Gasteiger partial charge in [0, 0.05) is 6.54 Å². The molecule has 0 bridgehead atoms. The fourth-order valence-electron chi connectivity index (χ4n) is 1.16. The van der Waals surface area contributed by atoms with Crippen LogP contribution in [-0.4, -0.2) is 12.6 Å². The van der Waals surface area contributed by atoms with Crippen molar-refractivity contribution in [2.24, 2.45) is 5.73 Å². The zero-order valence-electron chi connectivity index (χ0n) is 8.53. The minimum absolute atomic E-state index is 0.0182. The molecule has 0 radical (unpaired) electrons. The molecule has 1 atom stereocenters. The van der Waals surface area contributed by atoms with Crippen LogP contribution in [0.3, 0.4) is 0 Å². The van der Waals surface area contributed by atoms with Crippen LogP contribution in [-0.2, 0) is 0 Å². The molecule has 0 spiro atoms. The van der Waals surface area contributed by atoms with Gasteiger partial charge in [-0.1, -0.05) is 12.1 Å². The molecule has 0 fully saturated rings. The monoisotopic (exact) mass is 197 g/mol. The van der Waals surface area contributed by atoms with Crippen molar-refractivity contribution in [3.8, 4) is 5.75 Å². The van der Waals surface area contributed by atoms with E-state index in [2.05, 4.69) is 0 Å². The predicted molar refractivity (Wildman–Crippen MR) is 55.1 cm³/mol. The van der Waals surface area contributed by atoms with Crippen LogP contribution in [0.4, 0.5) is 4.39 Å². The fraction of sp³-hybridized carbons (Fsp3) is 0.455. The van der Waals surface area contributed by atoms with Crippen molar-refractivity contribution in [3.05, 3.63) is 29.8 Å². The molecule has 14 heavy (non-hydrogen) atoms. The SMILES string of the molecule is CC(C)Oc1ccc(C(F)CN)cc1. The van der Waals surface area contributed by atoms with Crippen LogP contribution in [0.15, 0.2) is 24.3 Å². The number of hydrogen-bond donors (Lipinski definition) is 1. The van der Waals surface area contributed by atoms with Gasteiger partial charge in [0.2, 0.25) is 0 Å². The van der Waals surface area contributed by atoms with Gasteiger partial charge >= 0.3 is 0 Å². The van der Waals surface area contributed by atoms with Gasteiger partial charge in [-0.05, 0) is 31.5 Å². The average molecular weight is 197 g/mol. The zero-order valence-corrected chi connectivity index (χ0v) is 8.53. The first-order chi connectivity index (χ1) is 6.63. The second-order valence-electron chi connectivity index (χ2n) is 3.44. The lowest BCUT2D eigenvalue weighted by molar-refractivity contribution is 0.242. The first-order valence-electron chi connectivity index (χ1n) is 4.74. The number of hydrogen-bond acceptors (Lipinski definition) is 2. The van der Waals surface area contributed by atoms with Gasteiger partial charge in [-0.2, -0.15) is 0 Å². The first-order valence-corrected chi connectivity index (χ1v) is 4.74. The van der Waals surface area contributed by atoms with Crippen molar-refractivity contribution < 1.29 is 9.13 Å². The Morgan fingerprint density at radius 3 is 2.29 bits per heavy atom. The van der Waals surface area contributed by atoms with Crippen LogP contribution in [0.25, 0.3) is 0 Å². The minimum atomic E-state index is -1.08. The summed E-state index contributed by atoms with van der Waals surface area (Å²) in [6.07, 6.45) is -0.945. The molecule has 0 aliphatic carbocycles. The zero-order chi connectivity index (χ0) is 10.6. The molecular formula is C11H16FNO. The number of rotatable bonds is 4. The van der Waals surface area contributed by atoms with Crippen molar-refractivity contribution >= 4 is 0 Å². The Balaban J connectivity index is 2.68. The highest BCUT2D eigenvalue weighted by Gasteiger charge is 2.06. The van der Waals surface area contributed by atoms with E-state index in [0.717, 1.165) is 5.75 Å². The van der Waals surface area contributed by atoms with Crippen LogP contribution in [0, 0.1) is 0 Å². The maximum Gasteiger partial charge on any atom is 0.137 e. The fourth-order valence-corrected chi connectivity index (χ4v) is 1.16. The van der Waals surface area contributed by atoms with E-state index < -0.39 is 6.17 Å². The van der Waals surface area contributed by atoms with E-state index in [-0.39, 0.29) is 12.6 Å². The Bertz CT molecular complexity index is 271. The highest BCUT2D eigenvalue weighted by atomic mass is 19.1. The number of benzene rings is 1. The Morgan fingerprint density at radius 1 is 1.29 bits per heavy atom. The Morgan fingerprint density at radius 2 is 1.86 bits per heavy atom. The number of alkyl halides is 1. The maximum atomic E-state index is 13.1. The lowest BCUT2D eigenvalue weighted by Crippen LogP contribution is -2.08. The summed E-state index contributed by atoms with van der Waals surface area (Å²) in [5.41, 5.74) is 5.82. The van der Waals surface area contributed by atoms with Gasteiger partial charge in [-0.25, -0.2) is 4.39 Å². The van der Waals surface area contributed by atoms with Crippen molar-refractivity contribution in [3.63, 3.8) is 0 Å². The molecule has 3 heteroatoms. The molecule has 0 amide bonds. The lowest BCUT2D eigenvalue weighted by atomic mass is 10.1. The van der Waals surface area contributed by atoms with Crippen molar-refractivity contribution in [1.82, 2.24) is 0 Å². The van der Waals surface area contributed by atoms with E-state index in [1.165, 1.54) is 0 Å². The van der Waals surface area contributed by atoms with E-state index in [9.17, 15) is 4.39 Å². The smallest absolute Gasteiger partial charge is 0.137 e. The Hall–Kier alpha value is -1.09. The number of halogens is 1. The highest BCUT2D eigenvalue weighted by Crippen LogP contribution is 2.20. The summed E-state index contributed by atoms with van der Waals surface area (Å²) in [4.78, 5) is 0. The molecular weight excluding hydrogens is 181 g/mol. The number of ether oxygens (including phenoxy) is 1. The summed E-state index contributed by atoms with van der Waals surface area (Å²) in [7, 11) is 0. The first kappa shape index (κ1) is 11.0. The highest BCUT2D eigenvalue weighted by molar-refractivity contribution is 5.28. The third-order valence-electron chi connectivity index (χ3n) is 1.82. The average Bonchev–Trinajstić information content (AvgIpc) is 2.17. The van der Waals surface area contributed by atoms with Crippen LogP contribution in [0.1, 0.15) is 25.6 Å². The maximum absolute atomic E-state index is 13.1. The molecule has 0 heterocycles. The van der Waals surface area contributed by atoms with Gasteiger partial charge in [-0.15, -0.1) is 0 Å². The Labute approximate surface area is 83.9 Å². The third-order valence-corrected chi connectivity index (χ3v) is 1.82. The van der Waals surface area contributed by atoms with Gasteiger partial charge in [0.25, 0.3) is 0 Å². The second kappa shape index (κ2) is 4.96. The van der Waals surface area contributed by atoms with E-state index in [0.29, 0.717) is 5.56 Å². The molecule has 1 aromatic carbocycles. The van der Waals surface area contributed by atoms with Gasteiger partial charge in [0.1, 0.15) is 11.9 Å². The minimum Gasteiger partial charge on any atom is -0.491 e. The molecule has 0 saturated heterocycles. The lowest BCUT2D eigenvalue weighted by Gasteiger charge is -2.11. The summed E-state index contributed by atoms with van der Waals surface area (Å²) in [6.45, 7) is 3.92. The molecule has 1 aromatic rings. The van der Waals surface area contributed by atoms with Crippen molar-refractivity contribution in [2.75, 3.05) is 6.54 Å². The van der Waals surface area contributed by atoms with Gasteiger partial charge in [0.15, 0.2) is 0 Å². The van der Waals surface area contributed by atoms with Gasteiger partial charge in [0.05, 0.1) is 6.10 Å². The molecule has 1 rings (SSSR count). The number of nitrogens with two attached hydrogens (primary N) is 1. The standard InChI is InChI=1S/C11H16FNO/c1-8(2)14-10-5-3-9(4-6-10)11(12)7-13/h3-6,8,11H,7,13H2,1-2H3. The summed E-state index contributed by atoms with van der Waals surface area (Å²) in [5.74, 6) is 0.757. The van der Waals surface area contributed by atoms with E-state index in [1.54, 1.807) is 24.3 Å². The van der Waals surface area contributed by atoms with Gasteiger partial charge < -0.3 is 10.5 Å². The van der Waals surface area contributed by atoms with Crippen LogP contribution < -0.4 is 10.5 Å². The van der Waals surface area contributed by atoms with Crippen LogP contribution in [0.2, 0.25) is 0 Å². The molecule has 2 nitrogen and oxygen atoms in total. The quantitative estimate of drug-likeness (QED) is 0.804. The largest absolute Gasteiger partial charge is 0.491 e. The van der Waals surface area contributed by atoms with E-state index in [4.69, 9.17) is 10.5 Å². The summed E-state index contributed by atoms with van der Waals surface area (Å²) < 4.78 is 18.5. The Kier molecular flexibility index (Phi) is 3.89. The molecule has 78 valence electrons. The molecule has 0 aliphatic heterocycles. The van der Waals surface area contributed by atoms with Crippen molar-refractivity contribution in [2.45, 2.75) is 26.1 Å².